The minimum absolute atomic E-state index is 0.0175. The summed E-state index contributed by atoms with van der Waals surface area (Å²) >= 11 is 3.01. The molecule has 0 unspecified atom stereocenters. The van der Waals surface area contributed by atoms with E-state index in [-0.39, 0.29) is 24.4 Å². The van der Waals surface area contributed by atoms with Crippen LogP contribution in [0.15, 0.2) is 23.7 Å². The summed E-state index contributed by atoms with van der Waals surface area (Å²) in [4.78, 5) is 34.0. The first kappa shape index (κ1) is 17.1. The molecule has 128 valence electrons. The molecule has 2 aromatic heterocycles. The maximum Gasteiger partial charge on any atom is 0.264 e. The van der Waals surface area contributed by atoms with Crippen molar-refractivity contribution in [1.29, 1.82) is 0 Å². The van der Waals surface area contributed by atoms with E-state index in [0.29, 0.717) is 11.4 Å². The van der Waals surface area contributed by atoms with Gasteiger partial charge in [0.1, 0.15) is 5.01 Å². The Labute approximate surface area is 148 Å². The average molecular weight is 364 g/mol. The fourth-order valence-corrected chi connectivity index (χ4v) is 4.74. The SMILES string of the molecule is CN(Cc1nccs1)C(=O)c1ccc([C@@H]2CCCN2C(=O)CN)s1. The normalized spacial score (nSPS) is 17.2. The number of hydrogen-bond donors (Lipinski definition) is 1. The van der Waals surface area contributed by atoms with Gasteiger partial charge in [-0.3, -0.25) is 9.59 Å². The number of thiazole rings is 1. The van der Waals surface area contributed by atoms with Gasteiger partial charge in [0.25, 0.3) is 5.91 Å². The zero-order valence-corrected chi connectivity index (χ0v) is 15.1. The Morgan fingerprint density at radius 2 is 2.29 bits per heavy atom. The molecule has 2 N–H and O–H groups in total. The predicted molar refractivity (Wildman–Crippen MR) is 95.0 cm³/mol. The van der Waals surface area contributed by atoms with Crippen LogP contribution in [0, 0.1) is 0 Å². The van der Waals surface area contributed by atoms with Crippen molar-refractivity contribution in [2.24, 2.45) is 5.73 Å². The van der Waals surface area contributed by atoms with E-state index < -0.39 is 0 Å². The Morgan fingerprint density at radius 3 is 3.00 bits per heavy atom. The van der Waals surface area contributed by atoms with Crippen LogP contribution in [0.5, 0.6) is 0 Å². The lowest BCUT2D eigenvalue weighted by atomic mass is 10.2. The highest BCUT2D eigenvalue weighted by molar-refractivity contribution is 7.14. The molecule has 0 aliphatic carbocycles. The summed E-state index contributed by atoms with van der Waals surface area (Å²) in [6.45, 7) is 1.28. The Morgan fingerprint density at radius 1 is 1.46 bits per heavy atom. The highest BCUT2D eigenvalue weighted by Gasteiger charge is 2.30. The minimum Gasteiger partial charge on any atom is -0.334 e. The van der Waals surface area contributed by atoms with E-state index in [2.05, 4.69) is 4.98 Å². The Bertz CT molecular complexity index is 713. The Balaban J connectivity index is 1.70. The number of aromatic nitrogens is 1. The van der Waals surface area contributed by atoms with Gasteiger partial charge in [0.15, 0.2) is 0 Å². The summed E-state index contributed by atoms with van der Waals surface area (Å²) in [5.41, 5.74) is 5.50. The van der Waals surface area contributed by atoms with Crippen LogP contribution in [0.1, 0.15) is 38.4 Å². The number of carbonyl (C=O) groups is 2. The van der Waals surface area contributed by atoms with Gasteiger partial charge >= 0.3 is 0 Å². The lowest BCUT2D eigenvalue weighted by molar-refractivity contribution is -0.130. The molecule has 1 fully saturated rings. The zero-order valence-electron chi connectivity index (χ0n) is 13.5. The van der Waals surface area contributed by atoms with E-state index >= 15 is 0 Å². The first-order valence-electron chi connectivity index (χ1n) is 7.83. The molecule has 0 radical (unpaired) electrons. The summed E-state index contributed by atoms with van der Waals surface area (Å²) in [5, 5.41) is 2.82. The Kier molecular flexibility index (Phi) is 5.27. The molecular formula is C16H20N4O2S2. The van der Waals surface area contributed by atoms with Crippen LogP contribution in [0.2, 0.25) is 0 Å². The van der Waals surface area contributed by atoms with Gasteiger partial charge in [-0.2, -0.15) is 0 Å². The Hall–Kier alpha value is -1.77. The second kappa shape index (κ2) is 7.42. The standard InChI is InChI=1S/C16H20N4O2S2/c1-19(10-14-18-6-8-23-14)16(22)13-5-4-12(24-13)11-3-2-7-20(11)15(21)9-17/h4-6,8,11H,2-3,7,9-10,17H2,1H3/t11-/m0/s1. The van der Waals surface area contributed by atoms with Gasteiger partial charge in [0.05, 0.1) is 24.0 Å². The summed E-state index contributed by atoms with van der Waals surface area (Å²) < 4.78 is 0. The van der Waals surface area contributed by atoms with Gasteiger partial charge in [0.2, 0.25) is 5.91 Å². The summed E-state index contributed by atoms with van der Waals surface area (Å²) in [5.74, 6) is -0.0455. The smallest absolute Gasteiger partial charge is 0.264 e. The molecule has 0 spiro atoms. The van der Waals surface area contributed by atoms with E-state index in [1.54, 1.807) is 18.1 Å². The minimum atomic E-state index is -0.0281. The number of nitrogens with two attached hydrogens (primary N) is 1. The van der Waals surface area contributed by atoms with Gasteiger partial charge in [-0.05, 0) is 25.0 Å². The number of thiophene rings is 1. The van der Waals surface area contributed by atoms with E-state index in [9.17, 15) is 9.59 Å². The summed E-state index contributed by atoms with van der Waals surface area (Å²) in [6.07, 6.45) is 3.64. The molecule has 6 nitrogen and oxygen atoms in total. The van der Waals surface area contributed by atoms with Gasteiger partial charge < -0.3 is 15.5 Å². The molecule has 2 aromatic rings. The van der Waals surface area contributed by atoms with Gasteiger partial charge in [-0.1, -0.05) is 0 Å². The largest absolute Gasteiger partial charge is 0.334 e. The van der Waals surface area contributed by atoms with Crippen molar-refractivity contribution in [3.05, 3.63) is 38.5 Å². The third-order valence-corrected chi connectivity index (χ3v) is 6.06. The molecule has 24 heavy (non-hydrogen) atoms. The third kappa shape index (κ3) is 3.50. The van der Waals surface area contributed by atoms with Crippen molar-refractivity contribution in [1.82, 2.24) is 14.8 Å². The van der Waals surface area contributed by atoms with Crippen molar-refractivity contribution in [3.8, 4) is 0 Å². The first-order valence-corrected chi connectivity index (χ1v) is 9.53. The fraction of sp³-hybridized carbons (Fsp3) is 0.438. The van der Waals surface area contributed by atoms with Gasteiger partial charge in [-0.25, -0.2) is 4.98 Å². The van der Waals surface area contributed by atoms with Crippen molar-refractivity contribution < 1.29 is 9.59 Å². The second-order valence-corrected chi connectivity index (χ2v) is 7.83. The summed E-state index contributed by atoms with van der Waals surface area (Å²) in [7, 11) is 1.78. The molecule has 3 rings (SSSR count). The highest BCUT2D eigenvalue weighted by Crippen LogP contribution is 2.36. The topological polar surface area (TPSA) is 79.5 Å². The number of nitrogens with zero attached hydrogens (tertiary/aromatic N) is 3. The number of amides is 2. The first-order chi connectivity index (χ1) is 11.6. The molecular weight excluding hydrogens is 344 g/mol. The van der Waals surface area contributed by atoms with E-state index in [0.717, 1.165) is 29.3 Å². The number of rotatable bonds is 5. The fourth-order valence-electron chi connectivity index (χ4n) is 2.92. The molecule has 2 amide bonds. The van der Waals surface area contributed by atoms with Crippen molar-refractivity contribution >= 4 is 34.5 Å². The van der Waals surface area contributed by atoms with Crippen molar-refractivity contribution in [2.45, 2.75) is 25.4 Å². The van der Waals surface area contributed by atoms with Crippen LogP contribution in [0.25, 0.3) is 0 Å². The van der Waals surface area contributed by atoms with Crippen LogP contribution < -0.4 is 5.73 Å². The molecule has 1 aliphatic heterocycles. The third-order valence-electron chi connectivity index (χ3n) is 4.12. The van der Waals surface area contributed by atoms with E-state index in [1.165, 1.54) is 22.7 Å². The quantitative estimate of drug-likeness (QED) is 0.881. The predicted octanol–water partition coefficient (Wildman–Crippen LogP) is 2.10. The maximum atomic E-state index is 12.6. The van der Waals surface area contributed by atoms with E-state index in [1.807, 2.05) is 22.4 Å². The number of likely N-dealkylation sites (tertiary alicyclic amines) is 1. The van der Waals surface area contributed by atoms with Gasteiger partial charge in [-0.15, -0.1) is 22.7 Å². The van der Waals surface area contributed by atoms with Crippen molar-refractivity contribution in [3.63, 3.8) is 0 Å². The molecule has 1 aliphatic rings. The lowest BCUT2D eigenvalue weighted by Crippen LogP contribution is -2.35. The zero-order chi connectivity index (χ0) is 17.1. The van der Waals surface area contributed by atoms with Gasteiger partial charge in [0, 0.05) is 30.0 Å². The average Bonchev–Trinajstić information content (AvgIpc) is 3.32. The van der Waals surface area contributed by atoms with Crippen LogP contribution in [-0.2, 0) is 11.3 Å². The monoisotopic (exact) mass is 364 g/mol. The molecule has 0 saturated carbocycles. The van der Waals surface area contributed by atoms with Crippen LogP contribution in [-0.4, -0.2) is 46.7 Å². The molecule has 1 atom stereocenters. The summed E-state index contributed by atoms with van der Waals surface area (Å²) in [6, 6.07) is 3.86. The molecule has 3 heterocycles. The van der Waals surface area contributed by atoms with Crippen molar-refractivity contribution in [2.75, 3.05) is 20.1 Å². The number of hydrogen-bond acceptors (Lipinski definition) is 6. The second-order valence-electron chi connectivity index (χ2n) is 5.74. The molecule has 1 saturated heterocycles. The molecule has 0 bridgehead atoms. The molecule has 0 aromatic carbocycles. The van der Waals surface area contributed by atoms with Crippen LogP contribution in [0.3, 0.4) is 0 Å². The lowest BCUT2D eigenvalue weighted by Gasteiger charge is -2.23. The number of carbonyl (C=O) groups excluding carboxylic acids is 2. The highest BCUT2D eigenvalue weighted by atomic mass is 32.1. The maximum absolute atomic E-state index is 12.6. The van der Waals surface area contributed by atoms with Crippen LogP contribution >= 0.6 is 22.7 Å². The van der Waals surface area contributed by atoms with E-state index in [4.69, 9.17) is 5.73 Å². The molecule has 8 heteroatoms. The van der Waals surface area contributed by atoms with Crippen LogP contribution in [0.4, 0.5) is 0 Å².